The number of hydrogen-bond donors (Lipinski definition) is 1. The Balaban J connectivity index is 1.73. The van der Waals surface area contributed by atoms with Gasteiger partial charge in [-0.25, -0.2) is 4.79 Å². The van der Waals surface area contributed by atoms with Crippen molar-refractivity contribution >= 4 is 17.9 Å². The van der Waals surface area contributed by atoms with Crippen LogP contribution in [0.15, 0.2) is 0 Å². The molecule has 4 aliphatic heterocycles. The van der Waals surface area contributed by atoms with E-state index >= 15 is 0 Å². The van der Waals surface area contributed by atoms with E-state index in [-0.39, 0.29) is 23.8 Å². The van der Waals surface area contributed by atoms with E-state index in [1.165, 1.54) is 6.92 Å². The molecule has 4 aliphatic rings. The van der Waals surface area contributed by atoms with Crippen LogP contribution in [0.25, 0.3) is 0 Å². The average Bonchev–Trinajstić information content (AvgIpc) is 3.38. The normalized spacial score (nSPS) is 49.3. The molecule has 0 aromatic carbocycles. The fraction of sp³-hybridized carbons (Fsp3) is 0.900. The fourth-order valence-corrected chi connectivity index (χ4v) is 7.67. The number of carbonyl (C=O) groups excluding carboxylic acids is 3. The molecule has 4 saturated heterocycles. The number of aliphatic hydroxyl groups excluding tert-OH is 1. The van der Waals surface area contributed by atoms with Crippen molar-refractivity contribution in [1.29, 1.82) is 0 Å². The van der Waals surface area contributed by atoms with Crippen molar-refractivity contribution in [1.82, 2.24) is 4.90 Å². The van der Waals surface area contributed by atoms with Gasteiger partial charge in [0.2, 0.25) is 0 Å². The molecule has 4 rings (SSSR count). The summed E-state index contributed by atoms with van der Waals surface area (Å²) in [6, 6.07) is -0.195. The molecule has 4 fully saturated rings. The van der Waals surface area contributed by atoms with E-state index in [4.69, 9.17) is 28.4 Å². The Morgan fingerprint density at radius 3 is 2.32 bits per heavy atom. The molecule has 0 radical (unpaired) electrons. The Bertz CT molecular complexity index is 1010. The summed E-state index contributed by atoms with van der Waals surface area (Å²) in [5.74, 6) is -3.41. The van der Waals surface area contributed by atoms with Gasteiger partial charge < -0.3 is 38.4 Å². The average molecular weight is 584 g/mol. The first kappa shape index (κ1) is 32.1. The molecule has 0 aromatic rings. The largest absolute Gasteiger partial charge is 0.509 e. The number of esters is 1. The van der Waals surface area contributed by atoms with Gasteiger partial charge >= 0.3 is 12.1 Å². The highest BCUT2D eigenvalue weighted by Gasteiger charge is 2.61. The first-order valence-electron chi connectivity index (χ1n) is 15.0. The molecule has 14 atom stereocenters. The fourth-order valence-electron chi connectivity index (χ4n) is 7.67. The first-order chi connectivity index (χ1) is 19.0. The monoisotopic (exact) mass is 583 g/mol. The van der Waals surface area contributed by atoms with Gasteiger partial charge in [-0.05, 0) is 67.0 Å². The van der Waals surface area contributed by atoms with Gasteiger partial charge in [-0.2, -0.15) is 0 Å². The minimum absolute atomic E-state index is 0.0196. The van der Waals surface area contributed by atoms with Gasteiger partial charge in [-0.3, -0.25) is 9.59 Å². The Labute approximate surface area is 243 Å². The number of rotatable bonds is 5. The van der Waals surface area contributed by atoms with E-state index in [1.807, 2.05) is 46.7 Å². The lowest BCUT2D eigenvalue weighted by Crippen LogP contribution is -2.58. The number of Topliss-reactive ketones (excluding diaryl/α,β-unsaturated/α-hetero) is 1. The molecule has 0 spiro atoms. The summed E-state index contributed by atoms with van der Waals surface area (Å²) in [6.45, 7) is 14.6. The van der Waals surface area contributed by atoms with Crippen molar-refractivity contribution in [2.45, 2.75) is 135 Å². The maximum Gasteiger partial charge on any atom is 0.509 e. The zero-order chi connectivity index (χ0) is 30.6. The number of fused-ring (bicyclic) bond motifs is 2. The van der Waals surface area contributed by atoms with Crippen molar-refractivity contribution in [3.63, 3.8) is 0 Å². The zero-order valence-electron chi connectivity index (χ0n) is 26.1. The molecule has 0 unspecified atom stereocenters. The van der Waals surface area contributed by atoms with E-state index in [0.717, 1.165) is 0 Å². The number of aliphatic hydroxyl groups is 1. The van der Waals surface area contributed by atoms with Crippen LogP contribution in [0.1, 0.15) is 74.7 Å². The van der Waals surface area contributed by atoms with Gasteiger partial charge in [0.1, 0.15) is 24.2 Å². The molecular weight excluding hydrogens is 534 g/mol. The van der Waals surface area contributed by atoms with Crippen LogP contribution in [0.2, 0.25) is 0 Å². The third-order valence-electron chi connectivity index (χ3n) is 9.89. The lowest BCUT2D eigenvalue weighted by Gasteiger charge is -2.45. The maximum absolute atomic E-state index is 13.9. The summed E-state index contributed by atoms with van der Waals surface area (Å²) in [4.78, 5) is 41.6. The molecule has 2 bridgehead atoms. The molecule has 0 saturated carbocycles. The molecule has 0 amide bonds. The second-order valence-corrected chi connectivity index (χ2v) is 13.4. The van der Waals surface area contributed by atoms with Crippen molar-refractivity contribution in [3.8, 4) is 0 Å². The van der Waals surface area contributed by atoms with Gasteiger partial charge in [-0.15, -0.1) is 0 Å². The molecule has 4 heterocycles. The Morgan fingerprint density at radius 1 is 1.05 bits per heavy atom. The maximum atomic E-state index is 13.9. The third-order valence-corrected chi connectivity index (χ3v) is 9.89. The molecular formula is C30H49NO10. The lowest BCUT2D eigenvalue weighted by molar-refractivity contribution is -0.295. The van der Waals surface area contributed by atoms with Crippen molar-refractivity contribution < 1.29 is 47.9 Å². The van der Waals surface area contributed by atoms with Gasteiger partial charge in [0.25, 0.3) is 0 Å². The van der Waals surface area contributed by atoms with E-state index in [1.54, 1.807) is 13.8 Å². The first-order valence-corrected chi connectivity index (χ1v) is 15.0. The molecule has 1 N–H and O–H groups in total. The molecule has 11 nitrogen and oxygen atoms in total. The van der Waals surface area contributed by atoms with Gasteiger partial charge in [0, 0.05) is 17.9 Å². The number of nitrogens with zero attached hydrogens (tertiary/aromatic N) is 1. The van der Waals surface area contributed by atoms with Gasteiger partial charge in [0.05, 0.1) is 23.9 Å². The van der Waals surface area contributed by atoms with Crippen LogP contribution >= 0.6 is 0 Å². The number of cyclic esters (lactones) is 3. The third kappa shape index (κ3) is 5.77. The van der Waals surface area contributed by atoms with Crippen LogP contribution < -0.4 is 0 Å². The Morgan fingerprint density at radius 2 is 1.71 bits per heavy atom. The quantitative estimate of drug-likeness (QED) is 0.379. The smallest absolute Gasteiger partial charge is 0.457 e. The number of ether oxygens (including phenoxy) is 6. The molecule has 0 aromatic heterocycles. The SMILES string of the molecule is CC[C@H]1OC(=O)O[C@@]1(C)[C@@H]1OC(=O)[C@H](C)C(=O)[C@H](C)[C@@H](O[C@@H]2O[C@H](C)C[C@H](N(C)C)[C@H]2O)[C@@]2(C)C[C@@H](C)[C@H](O2)[C@@H]1C. The summed E-state index contributed by atoms with van der Waals surface area (Å²) < 4.78 is 36.6. The summed E-state index contributed by atoms with van der Waals surface area (Å²) >= 11 is 0. The van der Waals surface area contributed by atoms with E-state index in [0.29, 0.717) is 19.3 Å². The summed E-state index contributed by atoms with van der Waals surface area (Å²) in [7, 11) is 3.80. The Kier molecular flexibility index (Phi) is 9.18. The molecule has 234 valence electrons. The second-order valence-electron chi connectivity index (χ2n) is 13.4. The van der Waals surface area contributed by atoms with Crippen LogP contribution in [0.3, 0.4) is 0 Å². The number of likely N-dealkylation sites (N-methyl/N-ethyl adjacent to an activating group) is 1. The number of carbonyl (C=O) groups is 3. The summed E-state index contributed by atoms with van der Waals surface area (Å²) in [5, 5.41) is 11.2. The topological polar surface area (TPSA) is 130 Å². The lowest BCUT2D eigenvalue weighted by atomic mass is 9.76. The van der Waals surface area contributed by atoms with Crippen molar-refractivity contribution in [3.05, 3.63) is 0 Å². The zero-order valence-corrected chi connectivity index (χ0v) is 26.1. The molecule has 0 aliphatic carbocycles. The highest BCUT2D eigenvalue weighted by Crippen LogP contribution is 2.48. The Hall–Kier alpha value is -1.79. The summed E-state index contributed by atoms with van der Waals surface area (Å²) in [5.41, 5.74) is -2.21. The molecule has 11 heteroatoms. The van der Waals surface area contributed by atoms with E-state index in [9.17, 15) is 19.5 Å². The summed E-state index contributed by atoms with van der Waals surface area (Å²) in [6.07, 6.45) is -4.08. The second kappa shape index (κ2) is 11.7. The highest BCUT2D eigenvalue weighted by molar-refractivity contribution is 6.00. The minimum Gasteiger partial charge on any atom is -0.457 e. The number of hydrogen-bond acceptors (Lipinski definition) is 11. The highest BCUT2D eigenvalue weighted by atomic mass is 16.8. The predicted octanol–water partition coefficient (Wildman–Crippen LogP) is 3.09. The van der Waals surface area contributed by atoms with Crippen LogP contribution in [0.5, 0.6) is 0 Å². The number of ketones is 1. The standard InChI is InChI=1S/C30H49NO10/c1-11-20-30(8,41-28(35)37-20)25-18(6)23-14(2)13-29(7,40-23)24(16(4)21(32)17(5)26(34)38-25)39-27-22(33)19(31(9)10)12-15(3)36-27/h14-20,22-25,27,33H,11-13H2,1-10H3/t14-,15-,16+,17-,18+,19+,20-,22-,23+,24-,25-,27+,29-,30-/m1/s1. The molecule has 41 heavy (non-hydrogen) atoms. The van der Waals surface area contributed by atoms with Crippen molar-refractivity contribution in [2.75, 3.05) is 14.1 Å². The minimum atomic E-state index is -1.27. The van der Waals surface area contributed by atoms with Crippen LogP contribution in [-0.2, 0) is 38.0 Å². The van der Waals surface area contributed by atoms with Gasteiger partial charge in [-0.1, -0.05) is 27.7 Å². The van der Waals surface area contributed by atoms with Crippen LogP contribution in [0.4, 0.5) is 4.79 Å². The van der Waals surface area contributed by atoms with Crippen LogP contribution in [-0.4, -0.2) is 102 Å². The van der Waals surface area contributed by atoms with Crippen molar-refractivity contribution in [2.24, 2.45) is 23.7 Å². The van der Waals surface area contributed by atoms with Crippen LogP contribution in [0, 0.1) is 23.7 Å². The predicted molar refractivity (Wildman–Crippen MR) is 147 cm³/mol. The van der Waals surface area contributed by atoms with E-state index in [2.05, 4.69) is 6.92 Å². The van der Waals surface area contributed by atoms with Gasteiger partial charge in [0.15, 0.2) is 17.7 Å². The van der Waals surface area contributed by atoms with E-state index < -0.39 is 77.9 Å².